The molecule has 0 aliphatic heterocycles. The number of carbonyl (C=O) groups excluding carboxylic acids is 2. The highest BCUT2D eigenvalue weighted by atomic mass is 16.5. The van der Waals surface area contributed by atoms with Crippen LogP contribution in [-0.2, 0) is 22.7 Å². The highest BCUT2D eigenvalue weighted by molar-refractivity contribution is 5.86. The van der Waals surface area contributed by atoms with Crippen LogP contribution in [0.3, 0.4) is 0 Å². The lowest BCUT2D eigenvalue weighted by Crippen LogP contribution is -2.46. The van der Waals surface area contributed by atoms with Crippen molar-refractivity contribution in [2.24, 2.45) is 0 Å². The predicted molar refractivity (Wildman–Crippen MR) is 94.8 cm³/mol. The molecule has 0 aliphatic carbocycles. The number of nitrogens with zero attached hydrogens (tertiary/aromatic N) is 2. The van der Waals surface area contributed by atoms with E-state index >= 15 is 0 Å². The number of hydrogen-bond acceptors (Lipinski definition) is 4. The van der Waals surface area contributed by atoms with Crippen LogP contribution < -0.4 is 10.1 Å². The molecule has 1 atom stereocenters. The van der Waals surface area contributed by atoms with Crippen LogP contribution in [-0.4, -0.2) is 34.8 Å². The number of nitrogens with one attached hydrogen (secondary N) is 1. The van der Waals surface area contributed by atoms with Gasteiger partial charge in [0.05, 0.1) is 7.11 Å². The van der Waals surface area contributed by atoms with Gasteiger partial charge in [0.25, 0.3) is 0 Å². The standard InChI is InChI=1S/C19H23N3O3/c1-14(19(24)21-12-16-8-10-20-11-9-16)22(15(2)23)13-17-4-6-18(25-3)7-5-17/h4-11,14H,12-13H2,1-3H3,(H,21,24)/t14-/m1/s1. The Hall–Kier alpha value is -2.89. The predicted octanol–water partition coefficient (Wildman–Crippen LogP) is 2.14. The van der Waals surface area contributed by atoms with Gasteiger partial charge in [-0.2, -0.15) is 0 Å². The maximum absolute atomic E-state index is 12.4. The van der Waals surface area contributed by atoms with Crippen LogP contribution in [0.25, 0.3) is 0 Å². The lowest BCUT2D eigenvalue weighted by atomic mass is 10.1. The number of benzene rings is 1. The zero-order chi connectivity index (χ0) is 18.2. The third-order valence-corrected chi connectivity index (χ3v) is 3.98. The van der Waals surface area contributed by atoms with Crippen LogP contribution in [0.2, 0.25) is 0 Å². The van der Waals surface area contributed by atoms with Crippen molar-refractivity contribution in [1.29, 1.82) is 0 Å². The van der Waals surface area contributed by atoms with Gasteiger partial charge in [0, 0.05) is 32.4 Å². The molecular weight excluding hydrogens is 318 g/mol. The number of ether oxygens (including phenoxy) is 1. The van der Waals surface area contributed by atoms with Crippen LogP contribution in [0, 0.1) is 0 Å². The van der Waals surface area contributed by atoms with E-state index in [1.807, 2.05) is 36.4 Å². The fourth-order valence-electron chi connectivity index (χ4n) is 2.43. The number of carbonyl (C=O) groups is 2. The Bertz CT molecular complexity index is 702. The normalized spacial score (nSPS) is 11.5. The Balaban J connectivity index is 1.99. The molecule has 1 aromatic carbocycles. The Kier molecular flexibility index (Phi) is 6.51. The average molecular weight is 341 g/mol. The van der Waals surface area contributed by atoms with Crippen LogP contribution in [0.4, 0.5) is 0 Å². The summed E-state index contributed by atoms with van der Waals surface area (Å²) in [6.07, 6.45) is 3.35. The fourth-order valence-corrected chi connectivity index (χ4v) is 2.43. The first-order valence-electron chi connectivity index (χ1n) is 8.08. The van der Waals surface area contributed by atoms with Gasteiger partial charge < -0.3 is 15.0 Å². The molecule has 0 fully saturated rings. The van der Waals surface area contributed by atoms with E-state index in [-0.39, 0.29) is 11.8 Å². The summed E-state index contributed by atoms with van der Waals surface area (Å²) in [4.78, 5) is 29.9. The molecule has 25 heavy (non-hydrogen) atoms. The van der Waals surface area contributed by atoms with Gasteiger partial charge in [-0.15, -0.1) is 0 Å². The number of pyridine rings is 1. The molecule has 6 heteroatoms. The van der Waals surface area contributed by atoms with Gasteiger partial charge in [0.15, 0.2) is 0 Å². The third kappa shape index (κ3) is 5.31. The SMILES string of the molecule is COc1ccc(CN(C(C)=O)[C@H](C)C(=O)NCc2ccncc2)cc1. The zero-order valence-electron chi connectivity index (χ0n) is 14.7. The quantitative estimate of drug-likeness (QED) is 0.837. The third-order valence-electron chi connectivity index (χ3n) is 3.98. The number of methoxy groups -OCH3 is 1. The molecule has 6 nitrogen and oxygen atoms in total. The minimum atomic E-state index is -0.568. The molecule has 2 rings (SSSR count). The second kappa shape index (κ2) is 8.82. The van der Waals surface area contributed by atoms with Crippen molar-refractivity contribution in [1.82, 2.24) is 15.2 Å². The van der Waals surface area contributed by atoms with Crippen molar-refractivity contribution in [3.8, 4) is 5.75 Å². The van der Waals surface area contributed by atoms with Gasteiger partial charge in [0.1, 0.15) is 11.8 Å². The Morgan fingerprint density at radius 3 is 2.32 bits per heavy atom. The van der Waals surface area contributed by atoms with Gasteiger partial charge in [-0.25, -0.2) is 0 Å². The molecule has 2 amide bonds. The van der Waals surface area contributed by atoms with Gasteiger partial charge in [0.2, 0.25) is 11.8 Å². The summed E-state index contributed by atoms with van der Waals surface area (Å²) >= 11 is 0. The highest BCUT2D eigenvalue weighted by Crippen LogP contribution is 2.14. The number of rotatable bonds is 7. The summed E-state index contributed by atoms with van der Waals surface area (Å²) in [5.74, 6) is 0.407. The van der Waals surface area contributed by atoms with Crippen molar-refractivity contribution >= 4 is 11.8 Å². The van der Waals surface area contributed by atoms with Crippen LogP contribution in [0.1, 0.15) is 25.0 Å². The largest absolute Gasteiger partial charge is 0.497 e. The Morgan fingerprint density at radius 1 is 1.12 bits per heavy atom. The maximum Gasteiger partial charge on any atom is 0.242 e. The van der Waals surface area contributed by atoms with Crippen LogP contribution in [0.15, 0.2) is 48.8 Å². The first-order chi connectivity index (χ1) is 12.0. The molecule has 0 spiro atoms. The summed E-state index contributed by atoms with van der Waals surface area (Å²) in [6, 6.07) is 10.5. The summed E-state index contributed by atoms with van der Waals surface area (Å²) in [6.45, 7) is 3.96. The van der Waals surface area contributed by atoms with E-state index in [4.69, 9.17) is 4.74 Å². The summed E-state index contributed by atoms with van der Waals surface area (Å²) in [5.41, 5.74) is 1.89. The van der Waals surface area contributed by atoms with Crippen molar-refractivity contribution in [2.75, 3.05) is 7.11 Å². The molecule has 132 valence electrons. The minimum Gasteiger partial charge on any atom is -0.497 e. The molecule has 1 heterocycles. The van der Waals surface area contributed by atoms with E-state index in [2.05, 4.69) is 10.3 Å². The van der Waals surface area contributed by atoms with E-state index in [1.54, 1.807) is 31.3 Å². The second-order valence-electron chi connectivity index (χ2n) is 5.74. The lowest BCUT2D eigenvalue weighted by Gasteiger charge is -2.27. The van der Waals surface area contributed by atoms with E-state index < -0.39 is 6.04 Å². The lowest BCUT2D eigenvalue weighted by molar-refractivity contribution is -0.139. The smallest absolute Gasteiger partial charge is 0.242 e. The van der Waals surface area contributed by atoms with Crippen molar-refractivity contribution in [3.05, 3.63) is 59.9 Å². The van der Waals surface area contributed by atoms with Crippen LogP contribution in [0.5, 0.6) is 5.75 Å². The maximum atomic E-state index is 12.4. The number of amides is 2. The second-order valence-corrected chi connectivity index (χ2v) is 5.74. The van der Waals surface area contributed by atoms with E-state index in [0.717, 1.165) is 16.9 Å². The average Bonchev–Trinajstić information content (AvgIpc) is 2.64. The van der Waals surface area contributed by atoms with Gasteiger partial charge in [-0.1, -0.05) is 12.1 Å². The first kappa shape index (κ1) is 18.4. The first-order valence-corrected chi connectivity index (χ1v) is 8.08. The molecule has 0 saturated heterocycles. The van der Waals surface area contributed by atoms with Gasteiger partial charge in [-0.3, -0.25) is 14.6 Å². The molecule has 0 saturated carbocycles. The monoisotopic (exact) mass is 341 g/mol. The molecule has 0 aliphatic rings. The Morgan fingerprint density at radius 2 is 1.76 bits per heavy atom. The molecule has 1 N–H and O–H groups in total. The molecule has 0 radical (unpaired) electrons. The molecule has 0 bridgehead atoms. The zero-order valence-corrected chi connectivity index (χ0v) is 14.7. The molecule has 2 aromatic rings. The number of aromatic nitrogens is 1. The Labute approximate surface area is 147 Å². The summed E-state index contributed by atoms with van der Waals surface area (Å²) in [5, 5.41) is 2.86. The van der Waals surface area contributed by atoms with E-state index in [0.29, 0.717) is 13.1 Å². The van der Waals surface area contributed by atoms with Gasteiger partial charge >= 0.3 is 0 Å². The van der Waals surface area contributed by atoms with Crippen molar-refractivity contribution in [2.45, 2.75) is 33.0 Å². The summed E-state index contributed by atoms with van der Waals surface area (Å²) in [7, 11) is 1.60. The van der Waals surface area contributed by atoms with E-state index in [9.17, 15) is 9.59 Å². The minimum absolute atomic E-state index is 0.151. The van der Waals surface area contributed by atoms with Crippen molar-refractivity contribution in [3.63, 3.8) is 0 Å². The van der Waals surface area contributed by atoms with E-state index in [1.165, 1.54) is 6.92 Å². The molecule has 0 unspecified atom stereocenters. The fraction of sp³-hybridized carbons (Fsp3) is 0.316. The highest BCUT2D eigenvalue weighted by Gasteiger charge is 2.23. The number of hydrogen-bond donors (Lipinski definition) is 1. The molecular formula is C19H23N3O3. The van der Waals surface area contributed by atoms with Crippen LogP contribution >= 0.6 is 0 Å². The van der Waals surface area contributed by atoms with Crippen molar-refractivity contribution < 1.29 is 14.3 Å². The van der Waals surface area contributed by atoms with Gasteiger partial charge in [-0.05, 0) is 42.3 Å². The molecule has 1 aromatic heterocycles. The topological polar surface area (TPSA) is 71.5 Å². The summed E-state index contributed by atoms with van der Waals surface area (Å²) < 4.78 is 5.13.